The molecule has 1 fully saturated rings. The molecule has 1 unspecified atom stereocenters. The van der Waals surface area contributed by atoms with Crippen molar-refractivity contribution in [1.29, 1.82) is 0 Å². The van der Waals surface area contributed by atoms with Crippen LogP contribution in [0, 0.1) is 27.7 Å². The van der Waals surface area contributed by atoms with Gasteiger partial charge in [0, 0.05) is 13.1 Å². The third kappa shape index (κ3) is 2.58. The van der Waals surface area contributed by atoms with E-state index in [-0.39, 0.29) is 5.91 Å². The zero-order valence-corrected chi connectivity index (χ0v) is 14.0. The van der Waals surface area contributed by atoms with Crippen LogP contribution in [0.2, 0.25) is 0 Å². The molecule has 1 aromatic rings. The molecule has 0 spiro atoms. The number of piperazine rings is 1. The molecule has 1 N–H and O–H groups in total. The molecule has 1 aliphatic heterocycles. The van der Waals surface area contributed by atoms with Crippen molar-refractivity contribution in [2.75, 3.05) is 13.1 Å². The molecule has 1 atom stereocenters. The van der Waals surface area contributed by atoms with Crippen LogP contribution in [0.3, 0.4) is 0 Å². The molecule has 1 amide bonds. The van der Waals surface area contributed by atoms with Crippen LogP contribution in [0.25, 0.3) is 0 Å². The van der Waals surface area contributed by atoms with Crippen LogP contribution in [0.4, 0.5) is 0 Å². The van der Waals surface area contributed by atoms with Crippen LogP contribution >= 0.6 is 0 Å². The molecular weight excluding hydrogens is 288 g/mol. The maximum Gasteiger partial charge on any atom is 0.244 e. The van der Waals surface area contributed by atoms with Gasteiger partial charge in [-0.05, 0) is 56.9 Å². The van der Waals surface area contributed by atoms with Gasteiger partial charge in [0.2, 0.25) is 15.9 Å². The minimum atomic E-state index is -3.68. The first-order valence-corrected chi connectivity index (χ1v) is 8.49. The van der Waals surface area contributed by atoms with Crippen LogP contribution in [-0.2, 0) is 14.8 Å². The van der Waals surface area contributed by atoms with Gasteiger partial charge < -0.3 is 5.32 Å². The fourth-order valence-corrected chi connectivity index (χ4v) is 4.95. The number of carbonyl (C=O) groups is 1. The van der Waals surface area contributed by atoms with Crippen LogP contribution in [-0.4, -0.2) is 37.8 Å². The van der Waals surface area contributed by atoms with Gasteiger partial charge in [-0.15, -0.1) is 0 Å². The average Bonchev–Trinajstić information content (AvgIpc) is 2.39. The minimum Gasteiger partial charge on any atom is -0.353 e. The predicted molar refractivity (Wildman–Crippen MR) is 81.8 cm³/mol. The number of carbonyl (C=O) groups excluding carboxylic acids is 1. The molecule has 2 rings (SSSR count). The first kappa shape index (κ1) is 16.0. The van der Waals surface area contributed by atoms with Gasteiger partial charge in [0.25, 0.3) is 0 Å². The van der Waals surface area contributed by atoms with Crippen molar-refractivity contribution in [3.8, 4) is 0 Å². The third-order valence-electron chi connectivity index (χ3n) is 4.31. The average molecular weight is 310 g/mol. The summed E-state index contributed by atoms with van der Waals surface area (Å²) in [5.74, 6) is -0.246. The second-order valence-electron chi connectivity index (χ2n) is 5.67. The summed E-state index contributed by atoms with van der Waals surface area (Å²) in [6.45, 7) is 9.75. The quantitative estimate of drug-likeness (QED) is 0.898. The lowest BCUT2D eigenvalue weighted by molar-refractivity contribution is -0.126. The highest BCUT2D eigenvalue weighted by atomic mass is 32.2. The molecule has 116 valence electrons. The minimum absolute atomic E-state index is 0.246. The Morgan fingerprint density at radius 1 is 1.14 bits per heavy atom. The first-order chi connectivity index (χ1) is 9.67. The molecule has 0 saturated carbocycles. The van der Waals surface area contributed by atoms with Crippen LogP contribution < -0.4 is 5.32 Å². The number of amides is 1. The monoisotopic (exact) mass is 310 g/mol. The largest absolute Gasteiger partial charge is 0.353 e. The second-order valence-corrected chi connectivity index (χ2v) is 7.50. The zero-order valence-electron chi connectivity index (χ0n) is 13.1. The molecule has 0 aliphatic carbocycles. The van der Waals surface area contributed by atoms with Crippen LogP contribution in [0.15, 0.2) is 11.0 Å². The Bertz CT molecular complexity index is 669. The second kappa shape index (κ2) is 5.42. The van der Waals surface area contributed by atoms with Gasteiger partial charge in [-0.2, -0.15) is 4.31 Å². The summed E-state index contributed by atoms with van der Waals surface area (Å²) in [5.41, 5.74) is 3.42. The van der Waals surface area contributed by atoms with E-state index >= 15 is 0 Å². The summed E-state index contributed by atoms with van der Waals surface area (Å²) in [6, 6.07) is 1.32. The standard InChI is InChI=1S/C15H22N2O3S/c1-9-8-10(2)12(4)14(11(9)3)21(19,20)17-7-6-16-15(18)13(17)5/h8,13H,6-7H2,1-5H3,(H,16,18). The number of hydrogen-bond acceptors (Lipinski definition) is 3. The van der Waals surface area contributed by atoms with Crippen molar-refractivity contribution in [1.82, 2.24) is 9.62 Å². The Balaban J connectivity index is 2.62. The Kier molecular flexibility index (Phi) is 4.13. The zero-order chi connectivity index (χ0) is 15.9. The fraction of sp³-hybridized carbons (Fsp3) is 0.533. The highest BCUT2D eigenvalue weighted by molar-refractivity contribution is 7.89. The van der Waals surface area contributed by atoms with Crippen LogP contribution in [0.1, 0.15) is 29.2 Å². The topological polar surface area (TPSA) is 66.5 Å². The number of nitrogens with zero attached hydrogens (tertiary/aromatic N) is 1. The van der Waals surface area contributed by atoms with Crippen molar-refractivity contribution in [2.45, 2.75) is 45.6 Å². The molecule has 6 heteroatoms. The van der Waals surface area contributed by atoms with E-state index in [9.17, 15) is 13.2 Å². The smallest absolute Gasteiger partial charge is 0.244 e. The Morgan fingerprint density at radius 2 is 1.67 bits per heavy atom. The Labute approximate surface area is 126 Å². The van der Waals surface area contributed by atoms with E-state index in [1.165, 1.54) is 4.31 Å². The number of aryl methyl sites for hydroxylation is 2. The molecule has 1 aromatic carbocycles. The van der Waals surface area contributed by atoms with E-state index in [1.807, 2.05) is 33.8 Å². The molecule has 1 heterocycles. The van der Waals surface area contributed by atoms with Gasteiger partial charge in [-0.3, -0.25) is 4.79 Å². The number of nitrogens with one attached hydrogen (secondary N) is 1. The summed E-state index contributed by atoms with van der Waals surface area (Å²) in [5, 5.41) is 2.69. The van der Waals surface area contributed by atoms with Crippen molar-refractivity contribution in [2.24, 2.45) is 0 Å². The van der Waals surface area contributed by atoms with Crippen molar-refractivity contribution < 1.29 is 13.2 Å². The fourth-order valence-electron chi connectivity index (χ4n) is 2.77. The molecule has 0 radical (unpaired) electrons. The van der Waals surface area contributed by atoms with E-state index in [1.54, 1.807) is 6.92 Å². The van der Waals surface area contributed by atoms with Gasteiger partial charge in [0.15, 0.2) is 0 Å². The lowest BCUT2D eigenvalue weighted by Crippen LogP contribution is -2.55. The van der Waals surface area contributed by atoms with Gasteiger partial charge >= 0.3 is 0 Å². The summed E-state index contributed by atoms with van der Waals surface area (Å²) >= 11 is 0. The maximum atomic E-state index is 13.0. The highest BCUT2D eigenvalue weighted by Gasteiger charge is 2.37. The summed E-state index contributed by atoms with van der Waals surface area (Å²) in [7, 11) is -3.68. The van der Waals surface area contributed by atoms with Gasteiger partial charge in [0.1, 0.15) is 6.04 Å². The summed E-state index contributed by atoms with van der Waals surface area (Å²) < 4.78 is 27.4. The van der Waals surface area contributed by atoms with E-state index in [0.29, 0.717) is 18.0 Å². The van der Waals surface area contributed by atoms with Crippen molar-refractivity contribution >= 4 is 15.9 Å². The molecule has 21 heavy (non-hydrogen) atoms. The van der Waals surface area contributed by atoms with E-state index < -0.39 is 16.1 Å². The van der Waals surface area contributed by atoms with Crippen molar-refractivity contribution in [3.63, 3.8) is 0 Å². The molecule has 0 bridgehead atoms. The normalized spacial score (nSPS) is 20.4. The molecule has 1 aliphatic rings. The van der Waals surface area contributed by atoms with E-state index in [0.717, 1.165) is 22.3 Å². The number of hydrogen-bond donors (Lipinski definition) is 1. The predicted octanol–water partition coefficient (Wildman–Crippen LogP) is 1.43. The Hall–Kier alpha value is -1.40. The number of sulfonamides is 1. The number of rotatable bonds is 2. The third-order valence-corrected chi connectivity index (χ3v) is 6.55. The molecule has 0 aromatic heterocycles. The molecular formula is C15H22N2O3S. The van der Waals surface area contributed by atoms with E-state index in [2.05, 4.69) is 5.32 Å². The number of benzene rings is 1. The maximum absolute atomic E-state index is 13.0. The first-order valence-electron chi connectivity index (χ1n) is 7.05. The van der Waals surface area contributed by atoms with Gasteiger partial charge in [0.05, 0.1) is 4.90 Å². The Morgan fingerprint density at radius 3 is 2.19 bits per heavy atom. The lowest BCUT2D eigenvalue weighted by atomic mass is 10.0. The van der Waals surface area contributed by atoms with Crippen molar-refractivity contribution in [3.05, 3.63) is 28.3 Å². The van der Waals surface area contributed by atoms with E-state index in [4.69, 9.17) is 0 Å². The SMILES string of the molecule is Cc1cc(C)c(C)c(S(=O)(=O)N2CCNC(=O)C2C)c1C. The summed E-state index contributed by atoms with van der Waals surface area (Å²) in [4.78, 5) is 12.1. The van der Waals surface area contributed by atoms with Gasteiger partial charge in [-0.1, -0.05) is 6.07 Å². The van der Waals surface area contributed by atoms with Crippen LogP contribution in [0.5, 0.6) is 0 Å². The lowest BCUT2D eigenvalue weighted by Gasteiger charge is -2.33. The summed E-state index contributed by atoms with van der Waals surface area (Å²) in [6.07, 6.45) is 0. The highest BCUT2D eigenvalue weighted by Crippen LogP contribution is 2.30. The molecule has 1 saturated heterocycles. The molecule has 5 nitrogen and oxygen atoms in total. The van der Waals surface area contributed by atoms with Gasteiger partial charge in [-0.25, -0.2) is 8.42 Å².